The number of hydrogen-bond acceptors (Lipinski definition) is 1. The van der Waals surface area contributed by atoms with Crippen LogP contribution in [-0.4, -0.2) is 9.04 Å². The highest BCUT2D eigenvalue weighted by Crippen LogP contribution is 2.10. The largest absolute Gasteiger partial charge is 0.286 e. The van der Waals surface area contributed by atoms with Crippen LogP contribution in [0.15, 0.2) is 0 Å². The van der Waals surface area contributed by atoms with Gasteiger partial charge in [-0.25, -0.2) is 0 Å². The average molecular weight is 244 g/mol. The van der Waals surface area contributed by atoms with Gasteiger partial charge in [-0.1, -0.05) is 35.9 Å². The topological polar surface area (TPSA) is 17.1 Å². The first kappa shape index (κ1) is 8.75. The van der Waals surface area contributed by atoms with Crippen LogP contribution in [0.2, 0.25) is 0 Å². The molecule has 1 nitrogen and oxygen atoms in total. The summed E-state index contributed by atoms with van der Waals surface area (Å²) >= 11 is 5.79. The highest BCUT2D eigenvalue weighted by atomic mass is 127. The predicted molar refractivity (Wildman–Crippen MR) is 46.7 cm³/mol. The Morgan fingerprint density at radius 3 is 2.50 bits per heavy atom. The van der Waals surface area contributed by atoms with Crippen LogP contribution in [0.4, 0.5) is 0 Å². The number of halogens is 1. The van der Waals surface area contributed by atoms with Gasteiger partial charge in [-0.05, 0) is 6.42 Å². The van der Waals surface area contributed by atoms with Gasteiger partial charge in [-0.3, -0.25) is 4.79 Å². The van der Waals surface area contributed by atoms with E-state index in [1.165, 1.54) is 0 Å². The molecule has 0 aliphatic rings. The van der Waals surface area contributed by atoms with Crippen LogP contribution < -0.4 is 0 Å². The molecule has 0 aromatic carbocycles. The molecule has 0 aromatic heterocycles. The smallest absolute Gasteiger partial charge is 0.198 e. The van der Waals surface area contributed by atoms with E-state index in [1.54, 1.807) is 0 Å². The van der Waals surface area contributed by atoms with Gasteiger partial charge < -0.3 is 0 Å². The summed E-state index contributed by atoms with van der Waals surface area (Å²) in [5, 5.41) is -0.00699. The summed E-state index contributed by atoms with van der Waals surface area (Å²) in [5.41, 5.74) is 0. The minimum absolute atomic E-state index is 0.00699. The quantitative estimate of drug-likeness (QED) is 0.456. The zero-order valence-electron chi connectivity index (χ0n) is 4.72. The molecule has 0 aliphatic carbocycles. The van der Waals surface area contributed by atoms with Crippen molar-refractivity contribution in [3.8, 4) is 0 Å². The van der Waals surface area contributed by atoms with Crippen molar-refractivity contribution >= 4 is 40.3 Å². The van der Waals surface area contributed by atoms with E-state index in [2.05, 4.69) is 42.1 Å². The van der Waals surface area contributed by atoms with Crippen LogP contribution in [0, 0.1) is 0 Å². The molecule has 0 radical (unpaired) electrons. The van der Waals surface area contributed by atoms with Gasteiger partial charge >= 0.3 is 0 Å². The molecule has 0 fully saturated rings. The molecular formula is C5H9IOS. The minimum atomic E-state index is -0.00699. The third-order valence-corrected chi connectivity index (χ3v) is 2.80. The lowest BCUT2D eigenvalue weighted by atomic mass is 10.3. The van der Waals surface area contributed by atoms with E-state index in [9.17, 15) is 4.79 Å². The SMILES string of the molecule is CCCC(I)C(=O)S. The van der Waals surface area contributed by atoms with E-state index in [0.717, 1.165) is 12.8 Å². The molecule has 0 saturated carbocycles. The summed E-state index contributed by atoms with van der Waals surface area (Å²) in [5.74, 6) is 0. The van der Waals surface area contributed by atoms with E-state index in [-0.39, 0.29) is 9.04 Å². The molecule has 0 bridgehead atoms. The fourth-order valence-corrected chi connectivity index (χ4v) is 1.13. The van der Waals surface area contributed by atoms with Crippen molar-refractivity contribution in [1.82, 2.24) is 0 Å². The number of thiol groups is 1. The second-order valence-corrected chi connectivity index (χ2v) is 3.54. The van der Waals surface area contributed by atoms with E-state index in [4.69, 9.17) is 0 Å². The summed E-state index contributed by atoms with van der Waals surface area (Å²) < 4.78 is 0.112. The van der Waals surface area contributed by atoms with Crippen molar-refractivity contribution in [3.05, 3.63) is 0 Å². The lowest BCUT2D eigenvalue weighted by Crippen LogP contribution is -2.05. The second-order valence-electron chi connectivity index (χ2n) is 1.59. The van der Waals surface area contributed by atoms with E-state index >= 15 is 0 Å². The number of rotatable bonds is 3. The third kappa shape index (κ3) is 3.72. The normalized spacial score (nSPS) is 13.4. The monoisotopic (exact) mass is 244 g/mol. The van der Waals surface area contributed by atoms with Gasteiger partial charge in [0, 0.05) is 0 Å². The Labute approximate surface area is 68.8 Å². The maximum atomic E-state index is 10.4. The summed E-state index contributed by atoms with van der Waals surface area (Å²) in [7, 11) is 0. The van der Waals surface area contributed by atoms with Crippen LogP contribution in [0.5, 0.6) is 0 Å². The maximum Gasteiger partial charge on any atom is 0.198 e. The molecule has 0 amide bonds. The molecule has 0 rings (SSSR count). The molecule has 48 valence electrons. The third-order valence-electron chi connectivity index (χ3n) is 0.810. The molecule has 3 heteroatoms. The Kier molecular flexibility index (Phi) is 5.04. The van der Waals surface area contributed by atoms with Crippen molar-refractivity contribution in [1.29, 1.82) is 0 Å². The summed E-state index contributed by atoms with van der Waals surface area (Å²) in [4.78, 5) is 10.4. The summed E-state index contributed by atoms with van der Waals surface area (Å²) in [6, 6.07) is 0. The van der Waals surface area contributed by atoms with E-state index in [1.807, 2.05) is 0 Å². The van der Waals surface area contributed by atoms with Crippen LogP contribution in [0.1, 0.15) is 19.8 Å². The molecule has 1 unspecified atom stereocenters. The van der Waals surface area contributed by atoms with Crippen molar-refractivity contribution in [2.24, 2.45) is 0 Å². The van der Waals surface area contributed by atoms with Gasteiger partial charge in [-0.15, -0.1) is 12.6 Å². The van der Waals surface area contributed by atoms with E-state index < -0.39 is 0 Å². The zero-order valence-corrected chi connectivity index (χ0v) is 7.78. The average Bonchev–Trinajstić information content (AvgIpc) is 1.67. The fraction of sp³-hybridized carbons (Fsp3) is 0.800. The Morgan fingerprint density at radius 2 is 2.38 bits per heavy atom. The van der Waals surface area contributed by atoms with Crippen LogP contribution in [0.3, 0.4) is 0 Å². The lowest BCUT2D eigenvalue weighted by Gasteiger charge is -1.98. The predicted octanol–water partition coefficient (Wildman–Crippen LogP) is 2.05. The van der Waals surface area contributed by atoms with Crippen LogP contribution in [0.25, 0.3) is 0 Å². The van der Waals surface area contributed by atoms with Crippen LogP contribution in [-0.2, 0) is 4.79 Å². The Morgan fingerprint density at radius 1 is 1.88 bits per heavy atom. The van der Waals surface area contributed by atoms with Crippen molar-refractivity contribution in [2.45, 2.75) is 23.7 Å². The maximum absolute atomic E-state index is 10.4. The molecule has 0 aliphatic heterocycles. The molecule has 0 saturated heterocycles. The number of hydrogen-bond donors (Lipinski definition) is 1. The van der Waals surface area contributed by atoms with Crippen LogP contribution >= 0.6 is 35.2 Å². The second kappa shape index (κ2) is 4.61. The lowest BCUT2D eigenvalue weighted by molar-refractivity contribution is -0.110. The molecular weight excluding hydrogens is 235 g/mol. The molecule has 0 heterocycles. The van der Waals surface area contributed by atoms with Crippen molar-refractivity contribution in [3.63, 3.8) is 0 Å². The van der Waals surface area contributed by atoms with Crippen molar-refractivity contribution < 1.29 is 4.79 Å². The fourth-order valence-electron chi connectivity index (χ4n) is 0.377. The number of carbonyl (C=O) groups is 1. The van der Waals surface area contributed by atoms with Gasteiger partial charge in [0.2, 0.25) is 0 Å². The standard InChI is InChI=1S/C5H9IOS/c1-2-3-4(6)5(7)8/h4H,2-3H2,1H3,(H,7,8). The van der Waals surface area contributed by atoms with Gasteiger partial charge in [0.05, 0.1) is 3.92 Å². The van der Waals surface area contributed by atoms with Gasteiger partial charge in [0.1, 0.15) is 0 Å². The van der Waals surface area contributed by atoms with Gasteiger partial charge in [0.15, 0.2) is 5.12 Å². The molecule has 1 atom stereocenters. The molecule has 8 heavy (non-hydrogen) atoms. The Balaban J connectivity index is 3.32. The Hall–Kier alpha value is 0.750. The van der Waals surface area contributed by atoms with Crippen molar-refractivity contribution in [2.75, 3.05) is 0 Å². The number of carbonyl (C=O) groups excluding carboxylic acids is 1. The zero-order chi connectivity index (χ0) is 6.57. The Bertz CT molecular complexity index is 84.5. The highest BCUT2D eigenvalue weighted by molar-refractivity contribution is 14.1. The first-order chi connectivity index (χ1) is 3.68. The molecule has 0 aromatic rings. The van der Waals surface area contributed by atoms with Gasteiger partial charge in [-0.2, -0.15) is 0 Å². The first-order valence-corrected chi connectivity index (χ1v) is 4.24. The highest BCUT2D eigenvalue weighted by Gasteiger charge is 2.06. The summed E-state index contributed by atoms with van der Waals surface area (Å²) in [6.45, 7) is 2.06. The first-order valence-electron chi connectivity index (χ1n) is 2.55. The summed E-state index contributed by atoms with van der Waals surface area (Å²) in [6.07, 6.45) is 2.00. The molecule has 0 N–H and O–H groups in total. The van der Waals surface area contributed by atoms with E-state index in [0.29, 0.717) is 0 Å². The number of alkyl halides is 1. The molecule has 0 spiro atoms. The minimum Gasteiger partial charge on any atom is -0.286 e. The van der Waals surface area contributed by atoms with Gasteiger partial charge in [0.25, 0.3) is 0 Å².